The summed E-state index contributed by atoms with van der Waals surface area (Å²) >= 11 is 5.92. The van der Waals surface area contributed by atoms with Gasteiger partial charge in [-0.3, -0.25) is 0 Å². The van der Waals surface area contributed by atoms with Gasteiger partial charge in [-0.2, -0.15) is 0 Å². The van der Waals surface area contributed by atoms with Gasteiger partial charge in [0, 0.05) is 5.02 Å². The predicted molar refractivity (Wildman–Crippen MR) is 83.0 cm³/mol. The van der Waals surface area contributed by atoms with Gasteiger partial charge in [-0.05, 0) is 38.0 Å². The highest BCUT2D eigenvalue weighted by Crippen LogP contribution is 2.17. The van der Waals surface area contributed by atoms with Gasteiger partial charge in [-0.25, -0.2) is 0 Å². The summed E-state index contributed by atoms with van der Waals surface area (Å²) < 4.78 is 5.71. The van der Waals surface area contributed by atoms with Crippen molar-refractivity contribution in [3.8, 4) is 5.75 Å². The van der Waals surface area contributed by atoms with E-state index in [-0.39, 0.29) is 0 Å². The number of ether oxygens (including phenoxy) is 1. The first-order valence-electron chi connectivity index (χ1n) is 7.83. The maximum atomic E-state index is 5.92. The van der Waals surface area contributed by atoms with Crippen molar-refractivity contribution in [1.29, 1.82) is 0 Å². The first kappa shape index (κ1) is 15.6. The highest BCUT2D eigenvalue weighted by atomic mass is 35.5. The van der Waals surface area contributed by atoms with Gasteiger partial charge in [0.15, 0.2) is 0 Å². The zero-order valence-electron chi connectivity index (χ0n) is 12.5. The fourth-order valence-electron chi connectivity index (χ4n) is 2.78. The van der Waals surface area contributed by atoms with Crippen LogP contribution in [0.15, 0.2) is 24.3 Å². The van der Waals surface area contributed by atoms with Crippen molar-refractivity contribution < 1.29 is 14.5 Å². The zero-order chi connectivity index (χ0) is 14.2. The average Bonchev–Trinajstić information content (AvgIpc) is 2.48. The topological polar surface area (TPSA) is 18.1 Å². The molecule has 4 heteroatoms. The van der Waals surface area contributed by atoms with Crippen molar-refractivity contribution >= 4 is 11.6 Å². The molecule has 2 N–H and O–H groups in total. The number of hydrogen-bond donors (Lipinski definition) is 2. The second-order valence-corrected chi connectivity index (χ2v) is 6.05. The number of benzene rings is 1. The Kier molecular flexibility index (Phi) is 6.64. The van der Waals surface area contributed by atoms with Crippen LogP contribution in [0.4, 0.5) is 0 Å². The van der Waals surface area contributed by atoms with Crippen molar-refractivity contribution in [2.45, 2.75) is 19.8 Å². The third-order valence-electron chi connectivity index (χ3n) is 4.15. The molecule has 1 aliphatic heterocycles. The molecule has 20 heavy (non-hydrogen) atoms. The van der Waals surface area contributed by atoms with Gasteiger partial charge in [-0.15, -0.1) is 0 Å². The van der Waals surface area contributed by atoms with Gasteiger partial charge < -0.3 is 14.5 Å². The fourth-order valence-corrected chi connectivity index (χ4v) is 2.96. The van der Waals surface area contributed by atoms with Crippen LogP contribution in [0.5, 0.6) is 5.75 Å². The molecule has 1 heterocycles. The number of hydrogen-bond acceptors (Lipinski definition) is 1. The summed E-state index contributed by atoms with van der Waals surface area (Å²) in [7, 11) is 0. The molecular weight excluding hydrogens is 272 g/mol. The third kappa shape index (κ3) is 5.31. The molecule has 1 aliphatic rings. The number of rotatable bonds is 7. The van der Waals surface area contributed by atoms with Crippen LogP contribution in [0.25, 0.3) is 0 Å². The Labute approximate surface area is 127 Å². The second-order valence-electron chi connectivity index (χ2n) is 5.62. The largest absolute Gasteiger partial charge is 0.494 e. The lowest BCUT2D eigenvalue weighted by molar-refractivity contribution is -1.01. The van der Waals surface area contributed by atoms with Crippen molar-refractivity contribution in [3.05, 3.63) is 29.3 Å². The van der Waals surface area contributed by atoms with Gasteiger partial charge in [-0.1, -0.05) is 17.7 Å². The van der Waals surface area contributed by atoms with Crippen LogP contribution in [0, 0.1) is 0 Å². The molecule has 0 amide bonds. The van der Waals surface area contributed by atoms with Crippen LogP contribution in [-0.4, -0.2) is 45.9 Å². The Morgan fingerprint density at radius 1 is 1.10 bits per heavy atom. The third-order valence-corrected chi connectivity index (χ3v) is 4.39. The molecule has 0 aliphatic carbocycles. The minimum Gasteiger partial charge on any atom is -0.494 e. The predicted octanol–water partition coefficient (Wildman–Crippen LogP) is 0.302. The summed E-state index contributed by atoms with van der Waals surface area (Å²) in [5, 5.41) is 0.739. The summed E-state index contributed by atoms with van der Waals surface area (Å²) in [6, 6.07) is 7.64. The van der Waals surface area contributed by atoms with Crippen LogP contribution in [0.2, 0.25) is 5.02 Å². The van der Waals surface area contributed by atoms with E-state index in [1.165, 1.54) is 45.7 Å². The monoisotopic (exact) mass is 298 g/mol. The molecule has 0 atom stereocenters. The Bertz CT molecular complexity index is 392. The van der Waals surface area contributed by atoms with Crippen LogP contribution >= 0.6 is 11.6 Å². The Hall–Kier alpha value is -0.770. The number of halogens is 1. The van der Waals surface area contributed by atoms with Gasteiger partial charge in [0.2, 0.25) is 0 Å². The molecular formula is C16H27ClN2O+2. The van der Waals surface area contributed by atoms with E-state index in [9.17, 15) is 0 Å². The first-order valence-corrected chi connectivity index (χ1v) is 8.21. The molecule has 1 aromatic rings. The van der Waals surface area contributed by atoms with Crippen LogP contribution < -0.4 is 14.5 Å². The lowest BCUT2D eigenvalue weighted by atomic mass is 10.2. The highest BCUT2D eigenvalue weighted by Gasteiger charge is 2.20. The number of likely N-dealkylation sites (N-methyl/N-ethyl adjacent to an activating group) is 1. The highest BCUT2D eigenvalue weighted by molar-refractivity contribution is 6.30. The lowest BCUT2D eigenvalue weighted by Gasteiger charge is -2.28. The molecule has 3 nitrogen and oxygen atoms in total. The number of quaternary nitrogens is 2. The number of unbranched alkanes of at least 4 members (excludes halogenated alkanes) is 1. The van der Waals surface area contributed by atoms with Crippen molar-refractivity contribution in [2.24, 2.45) is 0 Å². The molecule has 0 radical (unpaired) electrons. The minimum atomic E-state index is 0.739. The van der Waals surface area contributed by atoms with E-state index in [1.54, 1.807) is 9.80 Å². The fraction of sp³-hybridized carbons (Fsp3) is 0.625. The second kappa shape index (κ2) is 8.50. The molecule has 1 fully saturated rings. The van der Waals surface area contributed by atoms with E-state index in [0.29, 0.717) is 0 Å². The van der Waals surface area contributed by atoms with Gasteiger partial charge in [0.05, 0.1) is 19.7 Å². The van der Waals surface area contributed by atoms with Crippen LogP contribution in [-0.2, 0) is 0 Å². The van der Waals surface area contributed by atoms with Crippen molar-refractivity contribution in [3.63, 3.8) is 0 Å². The summed E-state index contributed by atoms with van der Waals surface area (Å²) in [5.41, 5.74) is 0. The Balaban J connectivity index is 1.54. The smallest absolute Gasteiger partial charge is 0.127 e. The molecule has 0 saturated carbocycles. The minimum absolute atomic E-state index is 0.739. The maximum Gasteiger partial charge on any atom is 0.127 e. The van der Waals surface area contributed by atoms with Crippen molar-refractivity contribution in [1.82, 2.24) is 0 Å². The molecule has 1 aromatic carbocycles. The molecule has 112 valence electrons. The zero-order valence-corrected chi connectivity index (χ0v) is 13.2. The van der Waals surface area contributed by atoms with E-state index in [2.05, 4.69) is 6.92 Å². The Morgan fingerprint density at radius 2 is 1.85 bits per heavy atom. The molecule has 0 unspecified atom stereocenters. The van der Waals surface area contributed by atoms with E-state index in [0.717, 1.165) is 23.8 Å². The quantitative estimate of drug-likeness (QED) is 0.693. The van der Waals surface area contributed by atoms with E-state index >= 15 is 0 Å². The summed E-state index contributed by atoms with van der Waals surface area (Å²) in [6.07, 6.45) is 2.37. The van der Waals surface area contributed by atoms with Gasteiger partial charge >= 0.3 is 0 Å². The van der Waals surface area contributed by atoms with E-state index in [4.69, 9.17) is 16.3 Å². The Morgan fingerprint density at radius 3 is 2.55 bits per heavy atom. The van der Waals surface area contributed by atoms with Gasteiger partial charge in [0.25, 0.3) is 0 Å². The first-order chi connectivity index (χ1) is 9.78. The molecule has 0 bridgehead atoms. The average molecular weight is 299 g/mol. The molecule has 1 saturated heterocycles. The lowest BCUT2D eigenvalue weighted by Crippen LogP contribution is -3.28. The van der Waals surface area contributed by atoms with E-state index < -0.39 is 0 Å². The van der Waals surface area contributed by atoms with E-state index in [1.807, 2.05) is 24.3 Å². The maximum absolute atomic E-state index is 5.92. The normalized spacial score (nSPS) is 22.7. The van der Waals surface area contributed by atoms with Crippen LogP contribution in [0.3, 0.4) is 0 Å². The summed E-state index contributed by atoms with van der Waals surface area (Å²) in [6.45, 7) is 11.0. The van der Waals surface area contributed by atoms with Crippen molar-refractivity contribution in [2.75, 3.05) is 45.9 Å². The summed E-state index contributed by atoms with van der Waals surface area (Å²) in [4.78, 5) is 3.53. The van der Waals surface area contributed by atoms with Gasteiger partial charge in [0.1, 0.15) is 31.9 Å². The summed E-state index contributed by atoms with van der Waals surface area (Å²) in [5.74, 6) is 0.880. The standard InChI is InChI=1S/C16H25ClN2O/c1-2-18-9-11-19(12-10-18)8-3-4-13-20-16-7-5-6-15(17)14-16/h5-7,14H,2-4,8-13H2,1H3/p+2. The molecule has 0 spiro atoms. The molecule has 0 aromatic heterocycles. The number of nitrogens with one attached hydrogen (secondary N) is 2. The SMILES string of the molecule is CC[NH+]1CC[NH+](CCCCOc2cccc(Cl)c2)CC1. The number of piperazine rings is 1. The van der Waals surface area contributed by atoms with Crippen LogP contribution in [0.1, 0.15) is 19.8 Å². The molecule has 2 rings (SSSR count).